The number of amides is 2. The molecule has 2 amide bonds. The maximum atomic E-state index is 13.1. The standard InChI is InChI=1S/C27H26N2O3S2/c1-19(2)21-9-6-10-23(15-21)28-27(30)29-26-16-24(11-12-25(26)22-13-14-33-17-22)34(31,32)18-20-7-4-3-5-8-20/h3-17,19H,18H2,1-2H3,(H2,28,29,30). The third-order valence-corrected chi connectivity index (χ3v) is 7.81. The number of urea groups is 1. The Kier molecular flexibility index (Phi) is 7.14. The molecule has 4 aromatic rings. The fourth-order valence-electron chi connectivity index (χ4n) is 3.63. The lowest BCUT2D eigenvalue weighted by atomic mass is 10.0. The predicted octanol–water partition coefficient (Wildman–Crippen LogP) is 7.16. The van der Waals surface area contributed by atoms with Crippen molar-refractivity contribution in [2.75, 3.05) is 10.6 Å². The van der Waals surface area contributed by atoms with Crippen LogP contribution in [0, 0.1) is 0 Å². The minimum atomic E-state index is -3.60. The molecule has 0 radical (unpaired) electrons. The van der Waals surface area contributed by atoms with Gasteiger partial charge in [-0.3, -0.25) is 0 Å². The number of nitrogens with one attached hydrogen (secondary N) is 2. The molecule has 0 saturated heterocycles. The number of anilines is 2. The Morgan fingerprint density at radius 2 is 1.71 bits per heavy atom. The van der Waals surface area contributed by atoms with Crippen LogP contribution in [0.15, 0.2) is 94.5 Å². The summed E-state index contributed by atoms with van der Waals surface area (Å²) in [4.78, 5) is 13.0. The molecule has 2 N–H and O–H groups in total. The summed E-state index contributed by atoms with van der Waals surface area (Å²) in [5.41, 5.74) is 4.60. The summed E-state index contributed by atoms with van der Waals surface area (Å²) < 4.78 is 26.2. The molecule has 0 atom stereocenters. The first-order chi connectivity index (χ1) is 16.3. The van der Waals surface area contributed by atoms with E-state index in [1.54, 1.807) is 24.3 Å². The molecular weight excluding hydrogens is 464 g/mol. The van der Waals surface area contributed by atoms with Gasteiger partial charge in [-0.2, -0.15) is 11.3 Å². The van der Waals surface area contributed by atoms with Crippen LogP contribution in [0.2, 0.25) is 0 Å². The number of benzene rings is 3. The molecule has 0 aliphatic rings. The third kappa shape index (κ3) is 5.73. The molecule has 0 aliphatic carbocycles. The van der Waals surface area contributed by atoms with Crippen molar-refractivity contribution in [2.24, 2.45) is 0 Å². The molecule has 7 heteroatoms. The highest BCUT2D eigenvalue weighted by atomic mass is 32.2. The summed E-state index contributed by atoms with van der Waals surface area (Å²) in [6.45, 7) is 4.18. The number of carbonyl (C=O) groups excluding carboxylic acids is 1. The summed E-state index contributed by atoms with van der Waals surface area (Å²) in [6.07, 6.45) is 0. The second-order valence-electron chi connectivity index (χ2n) is 8.32. The number of hydrogen-bond acceptors (Lipinski definition) is 4. The van der Waals surface area contributed by atoms with Gasteiger partial charge in [0.2, 0.25) is 0 Å². The van der Waals surface area contributed by atoms with Crippen LogP contribution in [0.3, 0.4) is 0 Å². The van der Waals surface area contributed by atoms with Crippen LogP contribution in [-0.4, -0.2) is 14.4 Å². The zero-order chi connectivity index (χ0) is 24.1. The normalized spacial score (nSPS) is 11.4. The van der Waals surface area contributed by atoms with E-state index in [0.29, 0.717) is 22.9 Å². The highest BCUT2D eigenvalue weighted by Gasteiger charge is 2.19. The van der Waals surface area contributed by atoms with Crippen LogP contribution >= 0.6 is 11.3 Å². The summed E-state index contributed by atoms with van der Waals surface area (Å²) >= 11 is 1.53. The van der Waals surface area contributed by atoms with Crippen molar-refractivity contribution in [3.05, 3.63) is 101 Å². The van der Waals surface area contributed by atoms with Crippen LogP contribution in [0.4, 0.5) is 16.2 Å². The molecule has 174 valence electrons. The van der Waals surface area contributed by atoms with Crippen molar-refractivity contribution in [1.29, 1.82) is 0 Å². The van der Waals surface area contributed by atoms with E-state index in [1.165, 1.54) is 17.4 Å². The number of carbonyl (C=O) groups is 1. The second-order valence-corrected chi connectivity index (χ2v) is 11.1. The molecule has 0 spiro atoms. The van der Waals surface area contributed by atoms with E-state index >= 15 is 0 Å². The van der Waals surface area contributed by atoms with Gasteiger partial charge < -0.3 is 10.6 Å². The Balaban J connectivity index is 1.63. The van der Waals surface area contributed by atoms with E-state index in [1.807, 2.05) is 59.3 Å². The molecule has 1 aromatic heterocycles. The summed E-state index contributed by atoms with van der Waals surface area (Å²) in [5, 5.41) is 9.62. The molecule has 1 heterocycles. The van der Waals surface area contributed by atoms with E-state index in [0.717, 1.165) is 16.7 Å². The SMILES string of the molecule is CC(C)c1cccc(NC(=O)Nc2cc(S(=O)(=O)Cc3ccccc3)ccc2-c2ccsc2)c1. The Labute approximate surface area is 204 Å². The minimum Gasteiger partial charge on any atom is -0.308 e. The molecule has 0 saturated carbocycles. The van der Waals surface area contributed by atoms with Crippen LogP contribution in [0.25, 0.3) is 11.1 Å². The summed E-state index contributed by atoms with van der Waals surface area (Å²) in [5.74, 6) is 0.223. The van der Waals surface area contributed by atoms with Crippen LogP contribution in [0.1, 0.15) is 30.9 Å². The first-order valence-corrected chi connectivity index (χ1v) is 13.5. The van der Waals surface area contributed by atoms with Crippen molar-refractivity contribution in [1.82, 2.24) is 0 Å². The largest absolute Gasteiger partial charge is 0.323 e. The van der Waals surface area contributed by atoms with E-state index < -0.39 is 15.9 Å². The number of hydrogen-bond donors (Lipinski definition) is 2. The lowest BCUT2D eigenvalue weighted by Crippen LogP contribution is -2.20. The van der Waals surface area contributed by atoms with Crippen molar-refractivity contribution in [3.8, 4) is 11.1 Å². The molecule has 5 nitrogen and oxygen atoms in total. The topological polar surface area (TPSA) is 75.3 Å². The van der Waals surface area contributed by atoms with Crippen molar-refractivity contribution < 1.29 is 13.2 Å². The predicted molar refractivity (Wildman–Crippen MR) is 140 cm³/mol. The van der Waals surface area contributed by atoms with Gasteiger partial charge in [-0.1, -0.05) is 62.4 Å². The number of thiophene rings is 1. The van der Waals surface area contributed by atoms with Gasteiger partial charge in [0.1, 0.15) is 0 Å². The molecule has 4 rings (SSSR count). The molecule has 0 unspecified atom stereocenters. The van der Waals surface area contributed by atoms with Gasteiger partial charge in [-0.05, 0) is 63.7 Å². The van der Waals surface area contributed by atoms with Gasteiger partial charge in [0.25, 0.3) is 0 Å². The monoisotopic (exact) mass is 490 g/mol. The van der Waals surface area contributed by atoms with E-state index in [4.69, 9.17) is 0 Å². The van der Waals surface area contributed by atoms with E-state index in [2.05, 4.69) is 24.5 Å². The van der Waals surface area contributed by atoms with Gasteiger partial charge in [0.15, 0.2) is 9.84 Å². The average Bonchev–Trinajstić information content (AvgIpc) is 3.34. The highest BCUT2D eigenvalue weighted by molar-refractivity contribution is 7.90. The molecule has 0 fully saturated rings. The quantitative estimate of drug-likeness (QED) is 0.289. The fraction of sp³-hybridized carbons (Fsp3) is 0.148. The summed E-state index contributed by atoms with van der Waals surface area (Å²) in [7, 11) is -3.60. The zero-order valence-electron chi connectivity index (χ0n) is 19.0. The van der Waals surface area contributed by atoms with Crippen molar-refractivity contribution in [2.45, 2.75) is 30.4 Å². The van der Waals surface area contributed by atoms with Crippen molar-refractivity contribution in [3.63, 3.8) is 0 Å². The molecule has 3 aromatic carbocycles. The minimum absolute atomic E-state index is 0.112. The van der Waals surface area contributed by atoms with Gasteiger partial charge in [0, 0.05) is 11.3 Å². The Bertz CT molecular complexity index is 1380. The Hall–Kier alpha value is -3.42. The lowest BCUT2D eigenvalue weighted by molar-refractivity contribution is 0.262. The van der Waals surface area contributed by atoms with Gasteiger partial charge in [0.05, 0.1) is 16.3 Å². The molecule has 34 heavy (non-hydrogen) atoms. The van der Waals surface area contributed by atoms with Crippen molar-refractivity contribution >= 4 is 38.6 Å². The van der Waals surface area contributed by atoms with Crippen LogP contribution in [0.5, 0.6) is 0 Å². The second kappa shape index (κ2) is 10.2. The maximum Gasteiger partial charge on any atom is 0.323 e. The van der Waals surface area contributed by atoms with E-state index in [9.17, 15) is 13.2 Å². The summed E-state index contributed by atoms with van der Waals surface area (Å²) in [6, 6.07) is 23.1. The van der Waals surface area contributed by atoms with Crippen LogP contribution < -0.4 is 10.6 Å². The molecule has 0 aliphatic heterocycles. The number of sulfone groups is 1. The third-order valence-electron chi connectivity index (χ3n) is 5.44. The van der Waals surface area contributed by atoms with Gasteiger partial charge in [-0.25, -0.2) is 13.2 Å². The van der Waals surface area contributed by atoms with Gasteiger partial charge in [-0.15, -0.1) is 0 Å². The first-order valence-electron chi connectivity index (χ1n) is 10.9. The molecule has 0 bridgehead atoms. The highest BCUT2D eigenvalue weighted by Crippen LogP contribution is 2.33. The van der Waals surface area contributed by atoms with Gasteiger partial charge >= 0.3 is 6.03 Å². The Morgan fingerprint density at radius 1 is 0.912 bits per heavy atom. The maximum absolute atomic E-state index is 13.1. The van der Waals surface area contributed by atoms with Crippen LogP contribution in [-0.2, 0) is 15.6 Å². The molecular formula is C27H26N2O3S2. The number of rotatable bonds is 7. The zero-order valence-corrected chi connectivity index (χ0v) is 20.6. The van der Waals surface area contributed by atoms with E-state index in [-0.39, 0.29) is 10.6 Å². The smallest absolute Gasteiger partial charge is 0.308 e. The fourth-order valence-corrected chi connectivity index (χ4v) is 5.65. The Morgan fingerprint density at radius 3 is 2.41 bits per heavy atom. The lowest BCUT2D eigenvalue weighted by Gasteiger charge is -2.15. The average molecular weight is 491 g/mol. The first kappa shape index (κ1) is 23.7.